The molecule has 0 aliphatic heterocycles. The molecule has 2 aromatic heterocycles. The number of nitrogens with zero attached hydrogens (tertiary/aromatic N) is 3. The average molecular weight is 804 g/mol. The molecule has 296 valence electrons. The Bertz CT molecular complexity index is 3490. The minimum absolute atomic E-state index is 1.09. The lowest BCUT2D eigenvalue weighted by Crippen LogP contribution is -2.10. The highest BCUT2D eigenvalue weighted by Gasteiger charge is 2.20. The van der Waals surface area contributed by atoms with Crippen molar-refractivity contribution in [3.05, 3.63) is 249 Å². The SMILES string of the molecule is c1ccc(N(c2ccccc2)c2cc(-c3ccc(-c4ccc(-n5c6ccccc6c6ccccc65)cc4)cc3)cc(-c3cccc4c3c3ccccc3n4-c3ccccc3)c2)cc1. The van der Waals surface area contributed by atoms with E-state index in [2.05, 4.69) is 263 Å². The first-order valence-corrected chi connectivity index (χ1v) is 21.6. The van der Waals surface area contributed by atoms with Crippen molar-refractivity contribution in [3.8, 4) is 44.8 Å². The van der Waals surface area contributed by atoms with Gasteiger partial charge in [0.05, 0.1) is 22.1 Å². The van der Waals surface area contributed by atoms with Crippen molar-refractivity contribution >= 4 is 60.7 Å². The Labute approximate surface area is 366 Å². The Morgan fingerprint density at radius 3 is 1.25 bits per heavy atom. The molecule has 0 amide bonds. The summed E-state index contributed by atoms with van der Waals surface area (Å²) in [4.78, 5) is 2.37. The van der Waals surface area contributed by atoms with Gasteiger partial charge in [0.15, 0.2) is 0 Å². The number of hydrogen-bond donors (Lipinski definition) is 0. The van der Waals surface area contributed by atoms with Crippen molar-refractivity contribution < 1.29 is 0 Å². The molecule has 0 aliphatic rings. The number of aromatic nitrogens is 2. The highest BCUT2D eigenvalue weighted by molar-refractivity contribution is 6.16. The number of fused-ring (bicyclic) bond motifs is 6. The highest BCUT2D eigenvalue weighted by Crippen LogP contribution is 2.44. The van der Waals surface area contributed by atoms with Crippen molar-refractivity contribution in [1.82, 2.24) is 9.13 Å². The third kappa shape index (κ3) is 6.29. The maximum atomic E-state index is 2.40. The second kappa shape index (κ2) is 15.3. The van der Waals surface area contributed by atoms with Crippen LogP contribution in [0.3, 0.4) is 0 Å². The minimum Gasteiger partial charge on any atom is -0.310 e. The first-order chi connectivity index (χ1) is 31.3. The minimum atomic E-state index is 1.09. The molecule has 3 heteroatoms. The van der Waals surface area contributed by atoms with Gasteiger partial charge in [0.25, 0.3) is 0 Å². The van der Waals surface area contributed by atoms with Crippen LogP contribution in [0.1, 0.15) is 0 Å². The number of hydrogen-bond acceptors (Lipinski definition) is 1. The van der Waals surface area contributed by atoms with E-state index in [4.69, 9.17) is 0 Å². The van der Waals surface area contributed by atoms with Crippen molar-refractivity contribution in [3.63, 3.8) is 0 Å². The van der Waals surface area contributed by atoms with E-state index in [1.54, 1.807) is 0 Å². The summed E-state index contributed by atoms with van der Waals surface area (Å²) >= 11 is 0. The predicted octanol–water partition coefficient (Wildman–Crippen LogP) is 16.4. The van der Waals surface area contributed by atoms with E-state index in [0.29, 0.717) is 0 Å². The van der Waals surface area contributed by atoms with Crippen LogP contribution in [0, 0.1) is 0 Å². The van der Waals surface area contributed by atoms with Gasteiger partial charge < -0.3 is 14.0 Å². The molecule has 10 aromatic carbocycles. The maximum Gasteiger partial charge on any atom is 0.0547 e. The van der Waals surface area contributed by atoms with E-state index >= 15 is 0 Å². The summed E-state index contributed by atoms with van der Waals surface area (Å²) in [6.45, 7) is 0. The van der Waals surface area contributed by atoms with Crippen LogP contribution in [0.5, 0.6) is 0 Å². The van der Waals surface area contributed by atoms with Crippen molar-refractivity contribution in [2.45, 2.75) is 0 Å². The summed E-state index contributed by atoms with van der Waals surface area (Å²) in [6.07, 6.45) is 0. The zero-order valence-electron chi connectivity index (χ0n) is 34.5. The van der Waals surface area contributed by atoms with E-state index in [0.717, 1.165) is 45.1 Å². The summed E-state index contributed by atoms with van der Waals surface area (Å²) in [5.74, 6) is 0. The quantitative estimate of drug-likeness (QED) is 0.149. The molecule has 2 heterocycles. The Balaban J connectivity index is 0.997. The van der Waals surface area contributed by atoms with Crippen LogP contribution in [0.15, 0.2) is 249 Å². The van der Waals surface area contributed by atoms with Gasteiger partial charge in [-0.05, 0) is 124 Å². The van der Waals surface area contributed by atoms with Gasteiger partial charge in [0.2, 0.25) is 0 Å². The van der Waals surface area contributed by atoms with E-state index in [1.165, 1.54) is 60.3 Å². The first-order valence-electron chi connectivity index (χ1n) is 21.6. The molecular formula is C60H41N3. The Morgan fingerprint density at radius 2 is 0.667 bits per heavy atom. The van der Waals surface area contributed by atoms with E-state index in [-0.39, 0.29) is 0 Å². The summed E-state index contributed by atoms with van der Waals surface area (Å²) in [5, 5.41) is 5.01. The Kier molecular flexibility index (Phi) is 8.83. The van der Waals surface area contributed by atoms with Crippen LogP contribution in [0.4, 0.5) is 17.1 Å². The van der Waals surface area contributed by atoms with Gasteiger partial charge in [-0.1, -0.05) is 158 Å². The molecule has 0 unspecified atom stereocenters. The van der Waals surface area contributed by atoms with Gasteiger partial charge in [-0.15, -0.1) is 0 Å². The summed E-state index contributed by atoms with van der Waals surface area (Å²) in [5.41, 5.74) is 17.4. The molecule has 12 aromatic rings. The molecule has 0 bridgehead atoms. The molecule has 63 heavy (non-hydrogen) atoms. The standard InChI is InChI=1S/C60H41N3/c1-4-17-47(18-5-1)61(48-19-6-2-7-20-48)51-40-45(39-46(41-51)52-26-16-30-59-60(52)55-25-12-15-29-58(55)63(59)49-21-8-3-9-22-49)44-33-31-42(32-34-44)43-35-37-50(38-36-43)62-56-27-13-10-23-53(56)54-24-11-14-28-57(54)62/h1-41H. The lowest BCUT2D eigenvalue weighted by atomic mass is 9.93. The molecule has 0 atom stereocenters. The lowest BCUT2D eigenvalue weighted by Gasteiger charge is -2.27. The van der Waals surface area contributed by atoms with E-state index < -0.39 is 0 Å². The van der Waals surface area contributed by atoms with Crippen LogP contribution in [0.2, 0.25) is 0 Å². The van der Waals surface area contributed by atoms with Crippen molar-refractivity contribution in [2.24, 2.45) is 0 Å². The normalized spacial score (nSPS) is 11.5. The predicted molar refractivity (Wildman–Crippen MR) is 266 cm³/mol. The van der Waals surface area contributed by atoms with Gasteiger partial charge in [-0.2, -0.15) is 0 Å². The lowest BCUT2D eigenvalue weighted by molar-refractivity contribution is 1.18. The zero-order valence-corrected chi connectivity index (χ0v) is 34.5. The zero-order chi connectivity index (χ0) is 41.7. The smallest absolute Gasteiger partial charge is 0.0547 e. The molecule has 0 spiro atoms. The fourth-order valence-corrected chi connectivity index (χ4v) is 9.64. The molecule has 0 N–H and O–H groups in total. The molecule has 0 fully saturated rings. The van der Waals surface area contributed by atoms with Gasteiger partial charge in [-0.25, -0.2) is 0 Å². The van der Waals surface area contributed by atoms with E-state index in [9.17, 15) is 0 Å². The third-order valence-corrected chi connectivity index (χ3v) is 12.5. The molecule has 0 radical (unpaired) electrons. The first kappa shape index (κ1) is 36.5. The van der Waals surface area contributed by atoms with Gasteiger partial charge in [0, 0.05) is 50.0 Å². The number of para-hydroxylation sites is 6. The van der Waals surface area contributed by atoms with Crippen LogP contribution in [-0.4, -0.2) is 9.13 Å². The van der Waals surface area contributed by atoms with Gasteiger partial charge in [-0.3, -0.25) is 0 Å². The van der Waals surface area contributed by atoms with Gasteiger partial charge in [0.1, 0.15) is 0 Å². The molecule has 0 saturated heterocycles. The second-order valence-corrected chi connectivity index (χ2v) is 16.2. The number of rotatable bonds is 8. The molecule has 0 aliphatic carbocycles. The maximum absolute atomic E-state index is 2.40. The molecule has 12 rings (SSSR count). The molecular weight excluding hydrogens is 763 g/mol. The Morgan fingerprint density at radius 1 is 0.254 bits per heavy atom. The number of anilines is 3. The fourth-order valence-electron chi connectivity index (χ4n) is 9.64. The number of benzene rings is 10. The largest absolute Gasteiger partial charge is 0.310 e. The molecule has 0 saturated carbocycles. The van der Waals surface area contributed by atoms with Crippen LogP contribution >= 0.6 is 0 Å². The van der Waals surface area contributed by atoms with Crippen molar-refractivity contribution in [1.29, 1.82) is 0 Å². The van der Waals surface area contributed by atoms with Crippen LogP contribution in [-0.2, 0) is 0 Å². The van der Waals surface area contributed by atoms with Gasteiger partial charge >= 0.3 is 0 Å². The van der Waals surface area contributed by atoms with E-state index in [1.807, 2.05) is 0 Å². The Hall–Kier alpha value is -8.40. The summed E-state index contributed by atoms with van der Waals surface area (Å²) in [7, 11) is 0. The monoisotopic (exact) mass is 803 g/mol. The summed E-state index contributed by atoms with van der Waals surface area (Å²) in [6, 6.07) is 90.1. The fraction of sp³-hybridized carbons (Fsp3) is 0. The van der Waals surface area contributed by atoms with Crippen molar-refractivity contribution in [2.75, 3.05) is 4.90 Å². The second-order valence-electron chi connectivity index (χ2n) is 16.2. The molecule has 3 nitrogen and oxygen atoms in total. The highest BCUT2D eigenvalue weighted by atomic mass is 15.1. The topological polar surface area (TPSA) is 13.1 Å². The third-order valence-electron chi connectivity index (χ3n) is 12.5. The average Bonchev–Trinajstić information content (AvgIpc) is 3.88. The van der Waals surface area contributed by atoms with Crippen LogP contribution in [0.25, 0.3) is 88.4 Å². The summed E-state index contributed by atoms with van der Waals surface area (Å²) < 4.78 is 4.77. The van der Waals surface area contributed by atoms with Crippen LogP contribution < -0.4 is 4.90 Å².